The minimum atomic E-state index is -0.164. The first-order valence-electron chi connectivity index (χ1n) is 6.71. The number of nitrogens with zero attached hydrogens (tertiary/aromatic N) is 2. The summed E-state index contributed by atoms with van der Waals surface area (Å²) in [6.07, 6.45) is 1.45. The molecule has 0 amide bonds. The van der Waals surface area contributed by atoms with Gasteiger partial charge in [0.1, 0.15) is 10.6 Å². The highest BCUT2D eigenvalue weighted by Crippen LogP contribution is 2.35. The standard InChI is InChI=1S/C16H13BrN2O2S/c1-9(20)7-19-8-18-15-14(16(19)21)13(10(2)22-15)11-3-5-12(17)6-4-11/h3-6,8H,7H2,1-2H3. The number of benzene rings is 1. The van der Waals surface area contributed by atoms with E-state index in [4.69, 9.17) is 0 Å². The maximum atomic E-state index is 12.7. The zero-order valence-electron chi connectivity index (χ0n) is 12.1. The summed E-state index contributed by atoms with van der Waals surface area (Å²) in [6, 6.07) is 7.84. The van der Waals surface area contributed by atoms with E-state index in [9.17, 15) is 9.59 Å². The summed E-state index contributed by atoms with van der Waals surface area (Å²) in [6.45, 7) is 3.50. The second kappa shape index (κ2) is 5.78. The van der Waals surface area contributed by atoms with Crippen LogP contribution in [-0.2, 0) is 11.3 Å². The Kier molecular flexibility index (Phi) is 3.97. The van der Waals surface area contributed by atoms with Crippen molar-refractivity contribution in [2.75, 3.05) is 0 Å². The van der Waals surface area contributed by atoms with Gasteiger partial charge in [-0.2, -0.15) is 0 Å². The summed E-state index contributed by atoms with van der Waals surface area (Å²) in [7, 11) is 0. The molecule has 4 nitrogen and oxygen atoms in total. The van der Waals surface area contributed by atoms with Crippen molar-refractivity contribution in [1.29, 1.82) is 0 Å². The summed E-state index contributed by atoms with van der Waals surface area (Å²) in [4.78, 5) is 30.1. The van der Waals surface area contributed by atoms with Gasteiger partial charge in [0, 0.05) is 14.9 Å². The number of thiophene rings is 1. The van der Waals surface area contributed by atoms with E-state index in [1.54, 1.807) is 0 Å². The lowest BCUT2D eigenvalue weighted by molar-refractivity contribution is -0.117. The Balaban J connectivity index is 2.29. The molecule has 0 aliphatic carbocycles. The van der Waals surface area contributed by atoms with Gasteiger partial charge in [0.15, 0.2) is 0 Å². The molecule has 0 fully saturated rings. The molecule has 0 radical (unpaired) electrons. The number of carbonyl (C=O) groups is 1. The fourth-order valence-corrected chi connectivity index (χ4v) is 3.72. The Morgan fingerprint density at radius 3 is 2.64 bits per heavy atom. The molecule has 0 bridgehead atoms. The van der Waals surface area contributed by atoms with E-state index >= 15 is 0 Å². The smallest absolute Gasteiger partial charge is 0.263 e. The van der Waals surface area contributed by atoms with Gasteiger partial charge in [-0.1, -0.05) is 28.1 Å². The van der Waals surface area contributed by atoms with Crippen molar-refractivity contribution in [3.8, 4) is 11.1 Å². The lowest BCUT2D eigenvalue weighted by Gasteiger charge is -2.05. The average Bonchev–Trinajstić information content (AvgIpc) is 2.80. The van der Waals surface area contributed by atoms with Crippen molar-refractivity contribution >= 4 is 43.3 Å². The van der Waals surface area contributed by atoms with Gasteiger partial charge < -0.3 is 0 Å². The number of hydrogen-bond acceptors (Lipinski definition) is 4. The van der Waals surface area contributed by atoms with Crippen LogP contribution < -0.4 is 5.56 Å². The van der Waals surface area contributed by atoms with Crippen molar-refractivity contribution in [2.24, 2.45) is 0 Å². The highest BCUT2D eigenvalue weighted by Gasteiger charge is 2.17. The number of ketones is 1. The number of halogens is 1. The third-order valence-electron chi connectivity index (χ3n) is 3.38. The molecular weight excluding hydrogens is 364 g/mol. The number of Topliss-reactive ketones (excluding diaryl/α,β-unsaturated/α-hetero) is 1. The number of aromatic nitrogens is 2. The number of rotatable bonds is 3. The Morgan fingerprint density at radius 2 is 2.00 bits per heavy atom. The van der Waals surface area contributed by atoms with Crippen molar-refractivity contribution < 1.29 is 4.79 Å². The van der Waals surface area contributed by atoms with Crippen LogP contribution in [0.25, 0.3) is 21.3 Å². The van der Waals surface area contributed by atoms with E-state index in [1.165, 1.54) is 29.2 Å². The molecule has 6 heteroatoms. The topological polar surface area (TPSA) is 52.0 Å². The van der Waals surface area contributed by atoms with Gasteiger partial charge in [-0.15, -0.1) is 11.3 Å². The SMILES string of the molecule is CC(=O)Cn1cnc2sc(C)c(-c3ccc(Br)cc3)c2c1=O. The molecule has 1 aromatic carbocycles. The largest absolute Gasteiger partial charge is 0.298 e. The molecular formula is C16H13BrN2O2S. The van der Waals surface area contributed by atoms with Crippen LogP contribution >= 0.6 is 27.3 Å². The molecule has 2 aromatic heterocycles. The molecule has 0 aliphatic rings. The van der Waals surface area contributed by atoms with Crippen LogP contribution in [0.5, 0.6) is 0 Å². The first-order chi connectivity index (χ1) is 10.5. The van der Waals surface area contributed by atoms with Gasteiger partial charge in [0.05, 0.1) is 18.3 Å². The third kappa shape index (κ3) is 2.64. The molecule has 0 unspecified atom stereocenters. The summed E-state index contributed by atoms with van der Waals surface area (Å²) >= 11 is 4.92. The molecule has 0 N–H and O–H groups in total. The fraction of sp³-hybridized carbons (Fsp3) is 0.188. The summed E-state index contributed by atoms with van der Waals surface area (Å²) < 4.78 is 2.36. The molecule has 112 valence electrons. The molecule has 2 heterocycles. The number of carbonyl (C=O) groups excluding carboxylic acids is 1. The second-order valence-electron chi connectivity index (χ2n) is 5.10. The molecule has 0 aliphatic heterocycles. The van der Waals surface area contributed by atoms with Gasteiger partial charge in [-0.05, 0) is 31.5 Å². The molecule has 3 rings (SSSR count). The predicted octanol–water partition coefficient (Wildman–Crippen LogP) is 3.78. The van der Waals surface area contributed by atoms with Gasteiger partial charge >= 0.3 is 0 Å². The van der Waals surface area contributed by atoms with E-state index in [2.05, 4.69) is 20.9 Å². The minimum Gasteiger partial charge on any atom is -0.298 e. The molecule has 0 saturated carbocycles. The van der Waals surface area contributed by atoms with Crippen molar-refractivity contribution in [2.45, 2.75) is 20.4 Å². The van der Waals surface area contributed by atoms with Gasteiger partial charge in [-0.3, -0.25) is 14.2 Å². The van der Waals surface area contributed by atoms with E-state index in [-0.39, 0.29) is 17.9 Å². The van der Waals surface area contributed by atoms with Crippen LogP contribution in [0, 0.1) is 6.92 Å². The molecule has 3 aromatic rings. The molecule has 0 atom stereocenters. The van der Waals surface area contributed by atoms with Crippen LogP contribution in [0.3, 0.4) is 0 Å². The fourth-order valence-electron chi connectivity index (χ4n) is 2.45. The van der Waals surface area contributed by atoms with Gasteiger partial charge in [0.25, 0.3) is 5.56 Å². The summed E-state index contributed by atoms with van der Waals surface area (Å²) in [5.74, 6) is -0.0691. The maximum absolute atomic E-state index is 12.7. The zero-order valence-corrected chi connectivity index (χ0v) is 14.5. The number of fused-ring (bicyclic) bond motifs is 1. The van der Waals surface area contributed by atoms with Crippen molar-refractivity contribution in [3.63, 3.8) is 0 Å². The predicted molar refractivity (Wildman–Crippen MR) is 92.4 cm³/mol. The quantitative estimate of drug-likeness (QED) is 0.698. The van der Waals surface area contributed by atoms with Crippen molar-refractivity contribution in [3.05, 3.63) is 50.3 Å². The average molecular weight is 377 g/mol. The normalized spacial score (nSPS) is 11.0. The highest BCUT2D eigenvalue weighted by atomic mass is 79.9. The van der Waals surface area contributed by atoms with E-state index < -0.39 is 0 Å². The minimum absolute atomic E-state index is 0.0520. The van der Waals surface area contributed by atoms with E-state index in [0.717, 1.165) is 20.5 Å². The van der Waals surface area contributed by atoms with Crippen LogP contribution in [0.15, 0.2) is 39.9 Å². The van der Waals surface area contributed by atoms with Gasteiger partial charge in [-0.25, -0.2) is 4.98 Å². The molecule has 0 spiro atoms. The molecule has 0 saturated heterocycles. The van der Waals surface area contributed by atoms with E-state index in [0.29, 0.717) is 10.2 Å². The lowest BCUT2D eigenvalue weighted by atomic mass is 10.0. The second-order valence-corrected chi connectivity index (χ2v) is 7.22. The first-order valence-corrected chi connectivity index (χ1v) is 8.32. The number of aryl methyl sites for hydroxylation is 1. The summed E-state index contributed by atoms with van der Waals surface area (Å²) in [5.41, 5.74) is 1.72. The Hall–Kier alpha value is -1.79. The Bertz CT molecular complexity index is 926. The summed E-state index contributed by atoms with van der Waals surface area (Å²) in [5, 5.41) is 0.591. The Morgan fingerprint density at radius 1 is 1.32 bits per heavy atom. The van der Waals surface area contributed by atoms with Crippen LogP contribution in [-0.4, -0.2) is 15.3 Å². The van der Waals surface area contributed by atoms with Crippen LogP contribution in [0.1, 0.15) is 11.8 Å². The first kappa shape index (κ1) is 15.1. The van der Waals surface area contributed by atoms with E-state index in [1.807, 2.05) is 31.2 Å². The highest BCUT2D eigenvalue weighted by molar-refractivity contribution is 9.10. The van der Waals surface area contributed by atoms with Crippen molar-refractivity contribution in [1.82, 2.24) is 9.55 Å². The van der Waals surface area contributed by atoms with Crippen LogP contribution in [0.2, 0.25) is 0 Å². The monoisotopic (exact) mass is 376 g/mol. The third-order valence-corrected chi connectivity index (χ3v) is 4.92. The lowest BCUT2D eigenvalue weighted by Crippen LogP contribution is -2.23. The van der Waals surface area contributed by atoms with Gasteiger partial charge in [0.2, 0.25) is 0 Å². The Labute approximate surface area is 139 Å². The zero-order chi connectivity index (χ0) is 15.9. The molecule has 22 heavy (non-hydrogen) atoms. The number of hydrogen-bond donors (Lipinski definition) is 0. The van der Waals surface area contributed by atoms with Crippen LogP contribution in [0.4, 0.5) is 0 Å². The maximum Gasteiger partial charge on any atom is 0.263 e.